The first-order valence-electron chi connectivity index (χ1n) is 4.04. The highest BCUT2D eigenvalue weighted by molar-refractivity contribution is 6.49. The smallest absolute Gasteiger partial charge is 0.146 e. The molecule has 13 heavy (non-hydrogen) atoms. The van der Waals surface area contributed by atoms with Gasteiger partial charge in [-0.25, -0.2) is 0 Å². The highest BCUT2D eigenvalue weighted by Crippen LogP contribution is 2.25. The van der Waals surface area contributed by atoms with Crippen LogP contribution in [0.2, 0.25) is 0 Å². The van der Waals surface area contributed by atoms with E-state index in [1.165, 1.54) is 0 Å². The minimum atomic E-state index is 0.415. The van der Waals surface area contributed by atoms with Crippen molar-refractivity contribution >= 4 is 16.6 Å². The molecule has 0 atom stereocenters. The van der Waals surface area contributed by atoms with E-state index >= 15 is 0 Å². The van der Waals surface area contributed by atoms with Gasteiger partial charge in [0.1, 0.15) is 11.5 Å². The molecule has 1 heterocycles. The Morgan fingerprint density at radius 3 is 2.69 bits per heavy atom. The predicted molar refractivity (Wildman–Crippen MR) is 52.1 cm³/mol. The summed E-state index contributed by atoms with van der Waals surface area (Å²) in [5, 5.41) is 9.15. The Morgan fingerprint density at radius 2 is 2.31 bits per heavy atom. The number of nitrogens with zero attached hydrogens (tertiary/aromatic N) is 1. The highest BCUT2D eigenvalue weighted by atomic mass is 35.5. The number of rotatable bonds is 2. The van der Waals surface area contributed by atoms with Gasteiger partial charge < -0.3 is 4.42 Å². The summed E-state index contributed by atoms with van der Waals surface area (Å²) in [6, 6.07) is 5.64. The molecular formula is C10H10ClNO. The van der Waals surface area contributed by atoms with E-state index in [2.05, 4.69) is 0 Å². The lowest BCUT2D eigenvalue weighted by atomic mass is 10.2. The van der Waals surface area contributed by atoms with E-state index in [1.807, 2.05) is 26.0 Å². The van der Waals surface area contributed by atoms with Crippen LogP contribution < -0.4 is 0 Å². The van der Waals surface area contributed by atoms with Gasteiger partial charge in [-0.1, -0.05) is 18.5 Å². The summed E-state index contributed by atoms with van der Waals surface area (Å²) in [7, 11) is 0. The first kappa shape index (κ1) is 9.88. The van der Waals surface area contributed by atoms with Gasteiger partial charge in [0.15, 0.2) is 0 Å². The number of halogens is 1. The topological polar surface area (TPSA) is 36.9 Å². The number of hydrogen-bond acceptors (Lipinski definition) is 2. The Morgan fingerprint density at radius 1 is 1.62 bits per heavy atom. The van der Waals surface area contributed by atoms with Crippen LogP contribution in [0.5, 0.6) is 0 Å². The first-order chi connectivity index (χ1) is 6.19. The lowest BCUT2D eigenvalue weighted by Gasteiger charge is -1.96. The third-order valence-corrected chi connectivity index (χ3v) is 2.12. The highest BCUT2D eigenvalue weighted by Gasteiger charge is 2.08. The van der Waals surface area contributed by atoms with E-state index in [0.717, 1.165) is 5.76 Å². The fourth-order valence-corrected chi connectivity index (χ4v) is 1.26. The average Bonchev–Trinajstić information content (AvgIpc) is 2.54. The van der Waals surface area contributed by atoms with Gasteiger partial charge >= 0.3 is 0 Å². The molecule has 0 N–H and O–H groups in total. The molecular weight excluding hydrogens is 186 g/mol. The van der Waals surface area contributed by atoms with Crippen molar-refractivity contribution < 1.29 is 4.42 Å². The van der Waals surface area contributed by atoms with Crippen LogP contribution >= 0.6 is 11.6 Å². The van der Waals surface area contributed by atoms with Gasteiger partial charge in [-0.2, -0.15) is 5.26 Å². The number of allylic oxidation sites excluding steroid dienone is 1. The molecule has 1 aromatic heterocycles. The van der Waals surface area contributed by atoms with Crippen molar-refractivity contribution in [3.8, 4) is 6.07 Å². The summed E-state index contributed by atoms with van der Waals surface area (Å²) in [5.74, 6) is 1.36. The molecule has 0 aromatic carbocycles. The summed E-state index contributed by atoms with van der Waals surface area (Å²) >= 11 is 5.95. The molecule has 0 aliphatic heterocycles. The Kier molecular flexibility index (Phi) is 3.16. The molecule has 68 valence electrons. The second-order valence-electron chi connectivity index (χ2n) is 2.67. The fraction of sp³-hybridized carbons (Fsp3) is 0.300. The molecule has 1 aromatic rings. The van der Waals surface area contributed by atoms with Crippen molar-refractivity contribution in [3.63, 3.8) is 0 Å². The third-order valence-electron chi connectivity index (χ3n) is 1.71. The van der Waals surface area contributed by atoms with Crippen LogP contribution in [0.1, 0.15) is 24.9 Å². The number of aryl methyl sites for hydroxylation is 1. The van der Waals surface area contributed by atoms with Crippen molar-refractivity contribution in [2.45, 2.75) is 20.3 Å². The Balaban J connectivity index is 3.09. The van der Waals surface area contributed by atoms with Gasteiger partial charge in [0.05, 0.1) is 16.7 Å². The van der Waals surface area contributed by atoms with Crippen LogP contribution in [0.15, 0.2) is 22.1 Å². The minimum Gasteiger partial charge on any atom is -0.460 e. The Labute approximate surface area is 82.4 Å². The summed E-state index contributed by atoms with van der Waals surface area (Å²) in [5.41, 5.74) is 0.552. The molecule has 0 unspecified atom stereocenters. The van der Waals surface area contributed by atoms with Gasteiger partial charge in [0, 0.05) is 0 Å². The standard InChI is InChI=1S/C10H10ClNO/c1-3-8(6-12)10(11)9-5-4-7(2)13-9/h4-5H,3H2,1-2H3. The number of furan rings is 1. The molecule has 0 saturated carbocycles. The van der Waals surface area contributed by atoms with E-state index in [-0.39, 0.29) is 0 Å². The van der Waals surface area contributed by atoms with Crippen molar-refractivity contribution in [2.24, 2.45) is 0 Å². The average molecular weight is 196 g/mol. The zero-order valence-corrected chi connectivity index (χ0v) is 8.35. The normalized spacial score (nSPS) is 12.2. The SMILES string of the molecule is CCC(C#N)=C(Cl)c1ccc(C)o1. The minimum absolute atomic E-state index is 0.415. The monoisotopic (exact) mass is 195 g/mol. The van der Waals surface area contributed by atoms with Crippen LogP contribution in [0.25, 0.3) is 5.03 Å². The molecule has 0 amide bonds. The van der Waals surface area contributed by atoms with Crippen molar-refractivity contribution in [2.75, 3.05) is 0 Å². The first-order valence-corrected chi connectivity index (χ1v) is 4.42. The van der Waals surface area contributed by atoms with Gasteiger partial charge in [-0.15, -0.1) is 0 Å². The molecule has 0 fully saturated rings. The molecule has 2 nitrogen and oxygen atoms in total. The summed E-state index contributed by atoms with van der Waals surface area (Å²) in [6.45, 7) is 3.72. The van der Waals surface area contributed by atoms with E-state index in [9.17, 15) is 0 Å². The predicted octanol–water partition coefficient (Wildman–Crippen LogP) is 3.47. The third kappa shape index (κ3) is 2.13. The maximum atomic E-state index is 8.73. The van der Waals surface area contributed by atoms with Gasteiger partial charge in [-0.3, -0.25) is 0 Å². The molecule has 0 saturated heterocycles. The second-order valence-corrected chi connectivity index (χ2v) is 3.05. The fourth-order valence-electron chi connectivity index (χ4n) is 0.985. The van der Waals surface area contributed by atoms with Crippen molar-refractivity contribution in [1.29, 1.82) is 5.26 Å². The quantitative estimate of drug-likeness (QED) is 0.678. The second kappa shape index (κ2) is 4.15. The summed E-state index contributed by atoms with van der Waals surface area (Å²) < 4.78 is 5.29. The molecule has 0 aliphatic carbocycles. The molecule has 0 spiro atoms. The van der Waals surface area contributed by atoms with Crippen molar-refractivity contribution in [1.82, 2.24) is 0 Å². The summed E-state index contributed by atoms with van der Waals surface area (Å²) in [6.07, 6.45) is 0.620. The number of hydrogen-bond donors (Lipinski definition) is 0. The number of nitriles is 1. The van der Waals surface area contributed by atoms with Crippen LogP contribution in [0.3, 0.4) is 0 Å². The largest absolute Gasteiger partial charge is 0.460 e. The lowest BCUT2D eigenvalue weighted by Crippen LogP contribution is -1.80. The van der Waals surface area contributed by atoms with Gasteiger partial charge in [-0.05, 0) is 25.5 Å². The zero-order chi connectivity index (χ0) is 9.84. The van der Waals surface area contributed by atoms with E-state index < -0.39 is 0 Å². The van der Waals surface area contributed by atoms with E-state index in [0.29, 0.717) is 22.8 Å². The van der Waals surface area contributed by atoms with Crippen LogP contribution in [0.4, 0.5) is 0 Å². The molecule has 1 rings (SSSR count). The molecule has 0 radical (unpaired) electrons. The molecule has 0 aliphatic rings. The maximum absolute atomic E-state index is 8.73. The molecule has 0 bridgehead atoms. The van der Waals surface area contributed by atoms with E-state index in [1.54, 1.807) is 6.07 Å². The van der Waals surface area contributed by atoms with E-state index in [4.69, 9.17) is 21.3 Å². The Bertz CT molecular complexity index is 371. The zero-order valence-electron chi connectivity index (χ0n) is 7.60. The van der Waals surface area contributed by atoms with Crippen LogP contribution in [-0.4, -0.2) is 0 Å². The van der Waals surface area contributed by atoms with Gasteiger partial charge in [0.2, 0.25) is 0 Å². The van der Waals surface area contributed by atoms with Gasteiger partial charge in [0.25, 0.3) is 0 Å². The van der Waals surface area contributed by atoms with Crippen molar-refractivity contribution in [3.05, 3.63) is 29.2 Å². The maximum Gasteiger partial charge on any atom is 0.146 e. The lowest BCUT2D eigenvalue weighted by molar-refractivity contribution is 0.523. The Hall–Kier alpha value is -1.20. The molecule has 3 heteroatoms. The van der Waals surface area contributed by atoms with Crippen LogP contribution in [-0.2, 0) is 0 Å². The van der Waals surface area contributed by atoms with Crippen LogP contribution in [0, 0.1) is 18.3 Å². The summed E-state index contributed by atoms with van der Waals surface area (Å²) in [4.78, 5) is 0.